The molecule has 124 valence electrons. The normalized spacial score (nSPS) is 15.3. The molecule has 0 saturated carbocycles. The molecule has 0 aliphatic rings. The van der Waals surface area contributed by atoms with Crippen molar-refractivity contribution in [3.05, 3.63) is 0 Å². The van der Waals surface area contributed by atoms with Crippen LogP contribution in [0.3, 0.4) is 0 Å². The van der Waals surface area contributed by atoms with Crippen molar-refractivity contribution in [3.8, 4) is 0 Å². The Hall–Kier alpha value is -0.700. The second kappa shape index (κ2) is 10.1. The molecule has 0 nitrogen and oxygen atoms in total. The molecular formula is C10H14F10. The van der Waals surface area contributed by atoms with E-state index in [-0.39, 0.29) is 0 Å². The first-order valence-corrected chi connectivity index (χ1v) is 5.46. The highest BCUT2D eigenvalue weighted by atomic mass is 19.4. The average molecular weight is 324 g/mol. The van der Waals surface area contributed by atoms with Crippen molar-refractivity contribution in [1.29, 1.82) is 0 Å². The molecule has 0 radical (unpaired) electrons. The average Bonchev–Trinajstić information content (AvgIpc) is 2.24. The minimum Gasteiger partial charge on any atom is -0.247 e. The van der Waals surface area contributed by atoms with Crippen molar-refractivity contribution in [3.63, 3.8) is 0 Å². The molecule has 2 atom stereocenters. The van der Waals surface area contributed by atoms with E-state index in [9.17, 15) is 43.9 Å². The summed E-state index contributed by atoms with van der Waals surface area (Å²) >= 11 is 0. The van der Waals surface area contributed by atoms with Crippen LogP contribution in [0.5, 0.6) is 0 Å². The highest BCUT2D eigenvalue weighted by molar-refractivity contribution is 4.73. The summed E-state index contributed by atoms with van der Waals surface area (Å²) in [7, 11) is 0. The van der Waals surface area contributed by atoms with Crippen molar-refractivity contribution in [2.75, 3.05) is 0 Å². The number of hydrogen-bond donors (Lipinski definition) is 0. The fourth-order valence-electron chi connectivity index (χ4n) is 0.895. The third kappa shape index (κ3) is 12.3. The smallest absolute Gasteiger partial charge is 0.247 e. The molecule has 0 aliphatic carbocycles. The van der Waals surface area contributed by atoms with Gasteiger partial charge < -0.3 is 0 Å². The molecule has 0 spiro atoms. The van der Waals surface area contributed by atoms with Crippen molar-refractivity contribution in [1.82, 2.24) is 0 Å². The van der Waals surface area contributed by atoms with Gasteiger partial charge in [0.2, 0.25) is 19.0 Å². The molecule has 0 amide bonds. The largest absolute Gasteiger partial charge is 0.422 e. The lowest BCUT2D eigenvalue weighted by Crippen LogP contribution is -2.33. The summed E-state index contributed by atoms with van der Waals surface area (Å²) in [6.45, 7) is 1.16. The minimum atomic E-state index is -5.06. The second-order valence-corrected chi connectivity index (χ2v) is 3.72. The molecule has 0 N–H and O–H groups in total. The van der Waals surface area contributed by atoms with Crippen LogP contribution >= 0.6 is 0 Å². The van der Waals surface area contributed by atoms with Gasteiger partial charge in [-0.1, -0.05) is 6.92 Å². The highest BCUT2D eigenvalue weighted by Gasteiger charge is 2.45. The molecule has 0 aromatic carbocycles. The van der Waals surface area contributed by atoms with Gasteiger partial charge in [0, 0.05) is 12.8 Å². The van der Waals surface area contributed by atoms with E-state index in [0.29, 0.717) is 0 Å². The van der Waals surface area contributed by atoms with Crippen LogP contribution in [0.25, 0.3) is 0 Å². The molecule has 0 saturated heterocycles. The van der Waals surface area contributed by atoms with Gasteiger partial charge in [-0.25, -0.2) is 30.7 Å². The maximum Gasteiger partial charge on any atom is 0.422 e. The van der Waals surface area contributed by atoms with E-state index in [0.717, 1.165) is 6.92 Å². The zero-order valence-electron chi connectivity index (χ0n) is 10.3. The first-order valence-electron chi connectivity index (χ1n) is 5.46. The molecule has 0 aromatic heterocycles. The molecular weight excluding hydrogens is 310 g/mol. The van der Waals surface area contributed by atoms with Gasteiger partial charge >= 0.3 is 6.18 Å². The van der Waals surface area contributed by atoms with Crippen molar-refractivity contribution in [2.24, 2.45) is 0 Å². The molecule has 0 aromatic rings. The van der Waals surface area contributed by atoms with Crippen LogP contribution in [-0.4, -0.2) is 37.5 Å². The third-order valence-corrected chi connectivity index (χ3v) is 1.89. The summed E-state index contributed by atoms with van der Waals surface area (Å²) in [5, 5.41) is 0. The van der Waals surface area contributed by atoms with Crippen LogP contribution in [0.2, 0.25) is 0 Å². The first kappa shape index (κ1) is 21.6. The number of alkyl halides is 10. The van der Waals surface area contributed by atoms with Gasteiger partial charge in [-0.2, -0.15) is 13.2 Å². The number of halogens is 10. The van der Waals surface area contributed by atoms with E-state index in [1.54, 1.807) is 0 Å². The predicted octanol–water partition coefficient (Wildman–Crippen LogP) is 5.27. The lowest BCUT2D eigenvalue weighted by molar-refractivity contribution is -0.196. The Morgan fingerprint density at radius 1 is 0.750 bits per heavy atom. The van der Waals surface area contributed by atoms with Gasteiger partial charge in [-0.05, 0) is 6.42 Å². The van der Waals surface area contributed by atoms with Crippen LogP contribution in [0, 0.1) is 0 Å². The van der Waals surface area contributed by atoms with Crippen LogP contribution in [0.4, 0.5) is 43.9 Å². The summed E-state index contributed by atoms with van der Waals surface area (Å²) in [5.41, 5.74) is 0. The van der Waals surface area contributed by atoms with Gasteiger partial charge in [-0.15, -0.1) is 0 Å². The lowest BCUT2D eigenvalue weighted by atomic mass is 10.2. The van der Waals surface area contributed by atoms with Crippen molar-refractivity contribution in [2.45, 2.75) is 63.7 Å². The molecule has 0 aliphatic heterocycles. The van der Waals surface area contributed by atoms with Gasteiger partial charge in [0.15, 0.2) is 0 Å². The van der Waals surface area contributed by atoms with Gasteiger partial charge in [0.1, 0.15) is 12.3 Å². The number of rotatable bonds is 6. The Morgan fingerprint density at radius 2 is 1.10 bits per heavy atom. The Morgan fingerprint density at radius 3 is 1.25 bits per heavy atom. The first-order chi connectivity index (χ1) is 8.91. The van der Waals surface area contributed by atoms with Crippen LogP contribution in [0.15, 0.2) is 0 Å². The molecule has 20 heavy (non-hydrogen) atoms. The monoisotopic (exact) mass is 324 g/mol. The van der Waals surface area contributed by atoms with Crippen LogP contribution in [0.1, 0.15) is 26.2 Å². The van der Waals surface area contributed by atoms with Gasteiger partial charge in [0.25, 0.3) is 0 Å². The lowest BCUT2D eigenvalue weighted by Gasteiger charge is -2.14. The molecule has 10 heteroatoms. The zero-order chi connectivity index (χ0) is 16.5. The molecule has 0 heterocycles. The Labute approximate surface area is 109 Å². The molecule has 2 unspecified atom stereocenters. The summed E-state index contributed by atoms with van der Waals surface area (Å²) in [4.78, 5) is 0. The molecule has 0 bridgehead atoms. The summed E-state index contributed by atoms with van der Waals surface area (Å²) in [6.07, 6.45) is -21.2. The fourth-order valence-corrected chi connectivity index (χ4v) is 0.895. The Kier molecular flexibility index (Phi) is 10.9. The van der Waals surface area contributed by atoms with Crippen LogP contribution in [-0.2, 0) is 0 Å². The van der Waals surface area contributed by atoms with Crippen molar-refractivity contribution >= 4 is 0 Å². The molecule has 0 fully saturated rings. The van der Waals surface area contributed by atoms with E-state index < -0.39 is 56.8 Å². The standard InChI is InChI=1S/2C5H7F5/c6-3(1-4(7)8)2-5(9)10;1-2-3(6)4(7)5(8,9)10/h3-5H,1-2H2;3-4H,2H2,1H3. The Bertz CT molecular complexity index is 217. The predicted molar refractivity (Wildman–Crippen MR) is 52.3 cm³/mol. The number of hydrogen-bond acceptors (Lipinski definition) is 0. The van der Waals surface area contributed by atoms with E-state index in [1.165, 1.54) is 0 Å². The summed E-state index contributed by atoms with van der Waals surface area (Å²) in [6, 6.07) is 0. The quantitative estimate of drug-likeness (QED) is 0.584. The molecule has 0 rings (SSSR count). The minimum absolute atomic E-state index is 0.458. The van der Waals surface area contributed by atoms with E-state index in [4.69, 9.17) is 0 Å². The van der Waals surface area contributed by atoms with E-state index in [1.807, 2.05) is 0 Å². The highest BCUT2D eigenvalue weighted by Crippen LogP contribution is 2.27. The zero-order valence-corrected chi connectivity index (χ0v) is 10.3. The summed E-state index contributed by atoms with van der Waals surface area (Å²) in [5.74, 6) is 0. The fraction of sp³-hybridized carbons (Fsp3) is 1.00. The van der Waals surface area contributed by atoms with Gasteiger partial charge in [0.05, 0.1) is 0 Å². The maximum absolute atomic E-state index is 11.9. The Balaban J connectivity index is 0. The summed E-state index contributed by atoms with van der Waals surface area (Å²) < 4.78 is 114. The van der Waals surface area contributed by atoms with E-state index in [2.05, 4.69) is 0 Å². The second-order valence-electron chi connectivity index (χ2n) is 3.72. The third-order valence-electron chi connectivity index (χ3n) is 1.89. The van der Waals surface area contributed by atoms with Crippen molar-refractivity contribution < 1.29 is 43.9 Å². The van der Waals surface area contributed by atoms with Crippen LogP contribution < -0.4 is 0 Å². The van der Waals surface area contributed by atoms with Gasteiger partial charge in [-0.3, -0.25) is 0 Å². The van der Waals surface area contributed by atoms with E-state index >= 15 is 0 Å². The maximum atomic E-state index is 11.9. The SMILES string of the molecule is CCC(F)C(F)C(F)(F)F.FC(F)CC(F)CC(F)F. The topological polar surface area (TPSA) is 0 Å².